The van der Waals surface area contributed by atoms with Crippen LogP contribution in [0.1, 0.15) is 16.7 Å². The van der Waals surface area contributed by atoms with Gasteiger partial charge >= 0.3 is 6.09 Å². The van der Waals surface area contributed by atoms with Crippen molar-refractivity contribution < 1.29 is 15.0 Å². The van der Waals surface area contributed by atoms with Crippen LogP contribution in [-0.2, 0) is 5.54 Å². The Kier molecular flexibility index (Phi) is 6.42. The maximum Gasteiger partial charge on any atom is 0.404 e. The number of rotatable bonds is 8. The summed E-state index contributed by atoms with van der Waals surface area (Å²) in [7, 11) is 0. The predicted molar refractivity (Wildman–Crippen MR) is 109 cm³/mol. The van der Waals surface area contributed by atoms with Gasteiger partial charge in [0.05, 0.1) is 12.1 Å². The third-order valence-electron chi connectivity index (χ3n) is 4.76. The van der Waals surface area contributed by atoms with Crippen molar-refractivity contribution in [3.8, 4) is 0 Å². The van der Waals surface area contributed by atoms with Crippen molar-refractivity contribution >= 4 is 6.09 Å². The van der Waals surface area contributed by atoms with Gasteiger partial charge in [-0.25, -0.2) is 4.79 Å². The summed E-state index contributed by atoms with van der Waals surface area (Å²) in [5, 5.41) is 24.8. The third-order valence-corrected chi connectivity index (χ3v) is 4.76. The highest BCUT2D eigenvalue weighted by Crippen LogP contribution is 2.37. The summed E-state index contributed by atoms with van der Waals surface area (Å²) in [4.78, 5) is 11.0. The Labute approximate surface area is 164 Å². The molecule has 3 rings (SSSR count). The normalized spacial score (nSPS) is 12.3. The van der Waals surface area contributed by atoms with Crippen LogP contribution in [0.5, 0.6) is 0 Å². The van der Waals surface area contributed by atoms with Crippen molar-refractivity contribution in [3.63, 3.8) is 0 Å². The second-order valence-corrected chi connectivity index (χ2v) is 6.56. The second-order valence-electron chi connectivity index (χ2n) is 6.56. The summed E-state index contributed by atoms with van der Waals surface area (Å²) in [6, 6.07) is 29.4. The fourth-order valence-corrected chi connectivity index (χ4v) is 3.49. The van der Waals surface area contributed by atoms with Gasteiger partial charge in [-0.1, -0.05) is 91.0 Å². The summed E-state index contributed by atoms with van der Waals surface area (Å²) >= 11 is 0. The lowest BCUT2D eigenvalue weighted by atomic mass is 9.76. The van der Waals surface area contributed by atoms with Crippen molar-refractivity contribution in [1.82, 2.24) is 10.6 Å². The van der Waals surface area contributed by atoms with Gasteiger partial charge in [0.25, 0.3) is 0 Å². The molecule has 4 N–H and O–H groups in total. The lowest BCUT2D eigenvalue weighted by molar-refractivity contribution is 0.184. The molecule has 0 aromatic heterocycles. The molecule has 3 aromatic rings. The number of carboxylic acid groups (broad SMARTS) is 1. The minimum Gasteiger partial charge on any atom is -0.465 e. The third kappa shape index (κ3) is 4.22. The summed E-state index contributed by atoms with van der Waals surface area (Å²) in [6.07, 6.45) is -1.12. The van der Waals surface area contributed by atoms with E-state index in [-0.39, 0.29) is 13.2 Å². The van der Waals surface area contributed by atoms with Gasteiger partial charge in [0.15, 0.2) is 0 Å². The highest BCUT2D eigenvalue weighted by Gasteiger charge is 2.37. The number of benzene rings is 3. The van der Waals surface area contributed by atoms with E-state index in [9.17, 15) is 9.90 Å². The van der Waals surface area contributed by atoms with Gasteiger partial charge in [0.1, 0.15) is 0 Å². The van der Waals surface area contributed by atoms with Crippen LogP contribution in [0.15, 0.2) is 91.0 Å². The Morgan fingerprint density at radius 3 is 1.50 bits per heavy atom. The highest BCUT2D eigenvalue weighted by molar-refractivity contribution is 5.64. The van der Waals surface area contributed by atoms with E-state index < -0.39 is 17.7 Å². The van der Waals surface area contributed by atoms with Crippen LogP contribution in [-0.4, -0.2) is 35.5 Å². The van der Waals surface area contributed by atoms with Crippen molar-refractivity contribution in [2.75, 3.05) is 13.2 Å². The Morgan fingerprint density at radius 1 is 0.786 bits per heavy atom. The Hall–Kier alpha value is -3.15. The molecule has 0 aliphatic carbocycles. The second kappa shape index (κ2) is 9.17. The van der Waals surface area contributed by atoms with Gasteiger partial charge in [-0.15, -0.1) is 0 Å². The van der Waals surface area contributed by atoms with Crippen LogP contribution in [0.25, 0.3) is 0 Å². The van der Waals surface area contributed by atoms with Gasteiger partial charge < -0.3 is 15.5 Å². The van der Waals surface area contributed by atoms with Crippen molar-refractivity contribution in [2.24, 2.45) is 0 Å². The Balaban J connectivity index is 2.17. The molecule has 0 spiro atoms. The number of amides is 1. The fourth-order valence-electron chi connectivity index (χ4n) is 3.49. The van der Waals surface area contributed by atoms with E-state index in [4.69, 9.17) is 5.11 Å². The Morgan fingerprint density at radius 2 is 1.18 bits per heavy atom. The maximum absolute atomic E-state index is 11.0. The van der Waals surface area contributed by atoms with Crippen LogP contribution >= 0.6 is 0 Å². The summed E-state index contributed by atoms with van der Waals surface area (Å²) in [5.74, 6) is 0. The monoisotopic (exact) mass is 376 g/mol. The molecule has 1 amide bonds. The van der Waals surface area contributed by atoms with Gasteiger partial charge in [-0.05, 0) is 16.7 Å². The van der Waals surface area contributed by atoms with E-state index in [1.54, 1.807) is 0 Å². The Bertz CT molecular complexity index is 773. The van der Waals surface area contributed by atoms with Gasteiger partial charge in [-0.2, -0.15) is 0 Å². The van der Waals surface area contributed by atoms with Crippen LogP contribution < -0.4 is 10.6 Å². The molecule has 28 heavy (non-hydrogen) atoms. The van der Waals surface area contributed by atoms with Crippen LogP contribution in [0.2, 0.25) is 0 Å². The van der Waals surface area contributed by atoms with Gasteiger partial charge in [0, 0.05) is 12.6 Å². The van der Waals surface area contributed by atoms with E-state index in [1.807, 2.05) is 91.0 Å². The van der Waals surface area contributed by atoms with E-state index in [1.165, 1.54) is 0 Å². The topological polar surface area (TPSA) is 81.6 Å². The molecule has 0 bridgehead atoms. The molecule has 5 nitrogen and oxygen atoms in total. The lowest BCUT2D eigenvalue weighted by Gasteiger charge is -2.40. The van der Waals surface area contributed by atoms with E-state index in [0.717, 1.165) is 16.7 Å². The number of hydrogen-bond donors (Lipinski definition) is 4. The maximum atomic E-state index is 11.0. The molecule has 0 radical (unpaired) electrons. The van der Waals surface area contributed by atoms with Gasteiger partial charge in [0.2, 0.25) is 0 Å². The smallest absolute Gasteiger partial charge is 0.404 e. The lowest BCUT2D eigenvalue weighted by Crippen LogP contribution is -2.54. The molecule has 1 atom stereocenters. The average molecular weight is 376 g/mol. The molecule has 0 aliphatic heterocycles. The standard InChI is InChI=1S/C23H24N2O3/c26-17-21(16-24-22(27)28)25-23(18-10-4-1-5-11-18,19-12-6-2-7-13-19)20-14-8-3-9-15-20/h1-15,21,24-26H,16-17H2,(H,27,28). The SMILES string of the molecule is O=C(O)NCC(CO)NC(c1ccccc1)(c1ccccc1)c1ccccc1. The van der Waals surface area contributed by atoms with Crippen LogP contribution in [0.4, 0.5) is 4.79 Å². The first-order valence-corrected chi connectivity index (χ1v) is 9.18. The number of aliphatic hydroxyl groups is 1. The summed E-state index contributed by atoms with van der Waals surface area (Å²) in [5.41, 5.74) is 2.25. The van der Waals surface area contributed by atoms with Crippen molar-refractivity contribution in [1.29, 1.82) is 0 Å². The molecule has 3 aromatic carbocycles. The molecule has 5 heteroatoms. The first-order valence-electron chi connectivity index (χ1n) is 9.18. The molecule has 0 saturated heterocycles. The molecule has 0 saturated carbocycles. The predicted octanol–water partition coefficient (Wildman–Crippen LogP) is 3.20. The van der Waals surface area contributed by atoms with E-state index >= 15 is 0 Å². The number of aliphatic hydroxyl groups excluding tert-OH is 1. The molecule has 0 aliphatic rings. The first kappa shape index (κ1) is 19.6. The number of carbonyl (C=O) groups is 1. The van der Waals surface area contributed by atoms with Crippen LogP contribution in [0.3, 0.4) is 0 Å². The summed E-state index contributed by atoms with van der Waals surface area (Å²) in [6.45, 7) is -0.130. The minimum atomic E-state index is -1.12. The minimum absolute atomic E-state index is 0.0834. The summed E-state index contributed by atoms with van der Waals surface area (Å²) < 4.78 is 0. The molecule has 0 fully saturated rings. The molecule has 1 unspecified atom stereocenters. The van der Waals surface area contributed by atoms with Gasteiger partial charge in [-0.3, -0.25) is 5.32 Å². The zero-order chi connectivity index (χ0) is 19.8. The quantitative estimate of drug-likeness (QED) is 0.455. The molecular formula is C23H24N2O3. The number of nitrogens with one attached hydrogen (secondary N) is 2. The highest BCUT2D eigenvalue weighted by atomic mass is 16.4. The first-order chi connectivity index (χ1) is 13.7. The van der Waals surface area contributed by atoms with Crippen molar-refractivity contribution in [3.05, 3.63) is 108 Å². The molecular weight excluding hydrogens is 352 g/mol. The molecule has 0 heterocycles. The average Bonchev–Trinajstić information content (AvgIpc) is 2.76. The van der Waals surface area contributed by atoms with E-state index in [2.05, 4.69) is 10.6 Å². The van der Waals surface area contributed by atoms with E-state index in [0.29, 0.717) is 0 Å². The number of hydrogen-bond acceptors (Lipinski definition) is 3. The fraction of sp³-hybridized carbons (Fsp3) is 0.174. The zero-order valence-corrected chi connectivity index (χ0v) is 15.5. The zero-order valence-electron chi connectivity index (χ0n) is 15.5. The van der Waals surface area contributed by atoms with Crippen LogP contribution in [0, 0.1) is 0 Å². The largest absolute Gasteiger partial charge is 0.465 e. The molecule has 144 valence electrons. The van der Waals surface area contributed by atoms with Crippen molar-refractivity contribution in [2.45, 2.75) is 11.6 Å².